The van der Waals surface area contributed by atoms with Crippen molar-refractivity contribution in [1.82, 2.24) is 25.4 Å². The second-order valence-electron chi connectivity index (χ2n) is 5.38. The molecule has 0 spiro atoms. The second kappa shape index (κ2) is 4.51. The van der Waals surface area contributed by atoms with Crippen LogP contribution in [0.1, 0.15) is 32.4 Å². The maximum atomic E-state index is 4.55. The lowest BCUT2D eigenvalue weighted by Crippen LogP contribution is -2.43. The molecule has 0 amide bonds. The average molecular weight is 223 g/mol. The van der Waals surface area contributed by atoms with Gasteiger partial charge in [0.15, 0.2) is 5.82 Å². The lowest BCUT2D eigenvalue weighted by Gasteiger charge is -2.25. The highest BCUT2D eigenvalue weighted by atomic mass is 15.3. The molecule has 5 heteroatoms. The molecule has 90 valence electrons. The first-order valence-corrected chi connectivity index (χ1v) is 5.90. The van der Waals surface area contributed by atoms with Crippen LogP contribution in [0.25, 0.3) is 0 Å². The lowest BCUT2D eigenvalue weighted by atomic mass is 9.96. The number of piperazine rings is 1. The molecule has 5 nitrogen and oxygen atoms in total. The number of hydrogen-bond acceptors (Lipinski definition) is 4. The van der Waals surface area contributed by atoms with Crippen molar-refractivity contribution in [2.24, 2.45) is 0 Å². The SMILES string of the molecule is CC(C)(C)c1n[nH]c(CN2CCNCC2)n1. The third-order valence-electron chi connectivity index (χ3n) is 2.79. The summed E-state index contributed by atoms with van der Waals surface area (Å²) in [6, 6.07) is 0. The van der Waals surface area contributed by atoms with Crippen LogP contribution >= 0.6 is 0 Å². The van der Waals surface area contributed by atoms with E-state index in [1.165, 1.54) is 0 Å². The minimum atomic E-state index is 0.0260. The number of aromatic nitrogens is 3. The van der Waals surface area contributed by atoms with Gasteiger partial charge < -0.3 is 5.32 Å². The summed E-state index contributed by atoms with van der Waals surface area (Å²) in [4.78, 5) is 6.94. The topological polar surface area (TPSA) is 56.8 Å². The van der Waals surface area contributed by atoms with Crippen molar-refractivity contribution in [3.05, 3.63) is 11.6 Å². The second-order valence-corrected chi connectivity index (χ2v) is 5.38. The fourth-order valence-corrected chi connectivity index (χ4v) is 1.78. The van der Waals surface area contributed by atoms with E-state index < -0.39 is 0 Å². The van der Waals surface area contributed by atoms with Crippen molar-refractivity contribution in [3.8, 4) is 0 Å². The first-order valence-electron chi connectivity index (χ1n) is 5.90. The molecule has 0 aromatic carbocycles. The van der Waals surface area contributed by atoms with Crippen molar-refractivity contribution in [3.63, 3.8) is 0 Å². The molecule has 0 aliphatic carbocycles. The van der Waals surface area contributed by atoms with E-state index >= 15 is 0 Å². The van der Waals surface area contributed by atoms with Gasteiger partial charge in [-0.1, -0.05) is 20.8 Å². The van der Waals surface area contributed by atoms with Crippen molar-refractivity contribution in [2.45, 2.75) is 32.7 Å². The highest BCUT2D eigenvalue weighted by Gasteiger charge is 2.20. The molecule has 1 aliphatic rings. The Bertz CT molecular complexity index is 332. The number of hydrogen-bond donors (Lipinski definition) is 2. The molecule has 1 saturated heterocycles. The van der Waals surface area contributed by atoms with Crippen LogP contribution in [0.4, 0.5) is 0 Å². The molecule has 1 aromatic heterocycles. The van der Waals surface area contributed by atoms with E-state index in [9.17, 15) is 0 Å². The summed E-state index contributed by atoms with van der Waals surface area (Å²) in [5, 5.41) is 10.7. The standard InChI is InChI=1S/C11H21N5/c1-11(2,3)10-13-9(14-15-10)8-16-6-4-12-5-7-16/h12H,4-8H2,1-3H3,(H,13,14,15). The molecule has 0 saturated carbocycles. The molecule has 16 heavy (non-hydrogen) atoms. The summed E-state index contributed by atoms with van der Waals surface area (Å²) in [7, 11) is 0. The summed E-state index contributed by atoms with van der Waals surface area (Å²) in [5.41, 5.74) is 0.0260. The molecule has 0 atom stereocenters. The predicted molar refractivity (Wildman–Crippen MR) is 63.2 cm³/mol. The highest BCUT2D eigenvalue weighted by Crippen LogP contribution is 2.17. The largest absolute Gasteiger partial charge is 0.314 e. The Morgan fingerprint density at radius 3 is 2.50 bits per heavy atom. The van der Waals surface area contributed by atoms with Gasteiger partial charge in [-0.3, -0.25) is 10.00 Å². The zero-order chi connectivity index (χ0) is 11.6. The summed E-state index contributed by atoms with van der Waals surface area (Å²) in [6.45, 7) is 11.6. The number of H-pyrrole nitrogens is 1. The summed E-state index contributed by atoms with van der Waals surface area (Å²) >= 11 is 0. The Morgan fingerprint density at radius 2 is 1.94 bits per heavy atom. The third-order valence-corrected chi connectivity index (χ3v) is 2.79. The Morgan fingerprint density at radius 1 is 1.25 bits per heavy atom. The zero-order valence-electron chi connectivity index (χ0n) is 10.4. The van der Waals surface area contributed by atoms with E-state index in [1.807, 2.05) is 0 Å². The lowest BCUT2D eigenvalue weighted by molar-refractivity contribution is 0.228. The smallest absolute Gasteiger partial charge is 0.156 e. The Labute approximate surface area is 96.6 Å². The van der Waals surface area contributed by atoms with Gasteiger partial charge in [-0.05, 0) is 0 Å². The van der Waals surface area contributed by atoms with Gasteiger partial charge in [-0.15, -0.1) is 0 Å². The van der Waals surface area contributed by atoms with Crippen molar-refractivity contribution < 1.29 is 0 Å². The summed E-state index contributed by atoms with van der Waals surface area (Å²) in [6.07, 6.45) is 0. The first-order chi connectivity index (χ1) is 7.55. The fourth-order valence-electron chi connectivity index (χ4n) is 1.78. The number of nitrogens with zero attached hydrogens (tertiary/aromatic N) is 3. The summed E-state index contributed by atoms with van der Waals surface area (Å²) in [5.74, 6) is 1.88. The molecule has 2 N–H and O–H groups in total. The normalized spacial score (nSPS) is 18.9. The molecular weight excluding hydrogens is 202 g/mol. The van der Waals surface area contributed by atoms with Gasteiger partial charge in [-0.25, -0.2) is 4.98 Å². The van der Waals surface area contributed by atoms with Gasteiger partial charge in [0.25, 0.3) is 0 Å². The summed E-state index contributed by atoms with van der Waals surface area (Å²) < 4.78 is 0. The molecular formula is C11H21N5. The average Bonchev–Trinajstić information content (AvgIpc) is 2.67. The molecule has 0 bridgehead atoms. The van der Waals surface area contributed by atoms with Crippen molar-refractivity contribution in [2.75, 3.05) is 26.2 Å². The minimum absolute atomic E-state index is 0.0260. The van der Waals surface area contributed by atoms with Crippen LogP contribution in [0, 0.1) is 0 Å². The molecule has 1 fully saturated rings. The molecule has 0 unspecified atom stereocenters. The van der Waals surface area contributed by atoms with Crippen LogP contribution in [-0.2, 0) is 12.0 Å². The monoisotopic (exact) mass is 223 g/mol. The minimum Gasteiger partial charge on any atom is -0.314 e. The Hall–Kier alpha value is -0.940. The molecule has 2 rings (SSSR count). The maximum Gasteiger partial charge on any atom is 0.156 e. The number of aromatic amines is 1. The Kier molecular flexibility index (Phi) is 3.25. The number of nitrogens with one attached hydrogen (secondary N) is 2. The van der Waals surface area contributed by atoms with E-state index in [0.717, 1.165) is 44.4 Å². The van der Waals surface area contributed by atoms with Crippen molar-refractivity contribution in [1.29, 1.82) is 0 Å². The number of rotatable bonds is 2. The van der Waals surface area contributed by atoms with Gasteiger partial charge in [0.1, 0.15) is 5.82 Å². The third kappa shape index (κ3) is 2.80. The molecule has 1 aliphatic heterocycles. The van der Waals surface area contributed by atoms with Gasteiger partial charge in [0.05, 0.1) is 6.54 Å². The van der Waals surface area contributed by atoms with Crippen LogP contribution in [0.3, 0.4) is 0 Å². The van der Waals surface area contributed by atoms with Gasteiger partial charge >= 0.3 is 0 Å². The zero-order valence-corrected chi connectivity index (χ0v) is 10.4. The molecule has 0 radical (unpaired) electrons. The van der Waals surface area contributed by atoms with Crippen molar-refractivity contribution >= 4 is 0 Å². The van der Waals surface area contributed by atoms with Crippen LogP contribution in [-0.4, -0.2) is 46.3 Å². The van der Waals surface area contributed by atoms with Gasteiger partial charge in [-0.2, -0.15) is 5.10 Å². The van der Waals surface area contributed by atoms with Crippen LogP contribution < -0.4 is 5.32 Å². The molecule has 1 aromatic rings. The van der Waals surface area contributed by atoms with Crippen LogP contribution in [0.2, 0.25) is 0 Å². The fraction of sp³-hybridized carbons (Fsp3) is 0.818. The predicted octanol–water partition coefficient (Wildman–Crippen LogP) is 0.507. The van der Waals surface area contributed by atoms with Gasteiger partial charge in [0.2, 0.25) is 0 Å². The van der Waals surface area contributed by atoms with E-state index in [1.54, 1.807) is 0 Å². The van der Waals surface area contributed by atoms with E-state index in [4.69, 9.17) is 0 Å². The van der Waals surface area contributed by atoms with E-state index in [2.05, 4.69) is 46.2 Å². The van der Waals surface area contributed by atoms with E-state index in [0.29, 0.717) is 0 Å². The van der Waals surface area contributed by atoms with Crippen LogP contribution in [0.15, 0.2) is 0 Å². The maximum absolute atomic E-state index is 4.55. The highest BCUT2D eigenvalue weighted by molar-refractivity contribution is 5.02. The van der Waals surface area contributed by atoms with E-state index in [-0.39, 0.29) is 5.41 Å². The quantitative estimate of drug-likeness (QED) is 0.767. The molecule has 2 heterocycles. The Balaban J connectivity index is 1.97. The van der Waals surface area contributed by atoms with Crippen LogP contribution in [0.5, 0.6) is 0 Å². The first kappa shape index (κ1) is 11.5. The van der Waals surface area contributed by atoms with Gasteiger partial charge in [0, 0.05) is 31.6 Å².